The quantitative estimate of drug-likeness (QED) is 0.739. The first-order chi connectivity index (χ1) is 13.4. The summed E-state index contributed by atoms with van der Waals surface area (Å²) in [5, 5.41) is 1.83. The van der Waals surface area contributed by atoms with Gasteiger partial charge in [-0.2, -0.15) is 4.31 Å². The molecule has 0 saturated carbocycles. The number of piperazine rings is 1. The van der Waals surface area contributed by atoms with Crippen LogP contribution in [-0.2, 0) is 14.8 Å². The molecule has 0 aromatic carbocycles. The van der Waals surface area contributed by atoms with Crippen LogP contribution in [0.1, 0.15) is 39.5 Å². The molecule has 3 fully saturated rings. The van der Waals surface area contributed by atoms with Crippen molar-refractivity contribution >= 4 is 21.4 Å². The zero-order valence-electron chi connectivity index (χ0n) is 17.0. The standard InChI is InChI=1S/C20H33N3O3S2/c1-17(2)21-10-12-22(13-11-21)18-5-14-26-20(16-18)6-8-23(9-7-20)28(24,25)19-4-3-15-27-19/h3-4,15,17-18H,5-14,16H2,1-2H3/t18-/m0/s1. The molecular weight excluding hydrogens is 394 g/mol. The Morgan fingerprint density at radius 3 is 2.46 bits per heavy atom. The van der Waals surface area contributed by atoms with Gasteiger partial charge in [-0.1, -0.05) is 6.07 Å². The zero-order chi connectivity index (χ0) is 19.8. The Bertz CT molecular complexity index is 735. The average Bonchev–Trinajstić information content (AvgIpc) is 3.24. The molecule has 3 aliphatic heterocycles. The molecule has 0 radical (unpaired) electrons. The molecule has 4 rings (SSSR count). The molecule has 0 aliphatic carbocycles. The normalized spacial score (nSPS) is 28.2. The van der Waals surface area contributed by atoms with Crippen molar-refractivity contribution in [3.8, 4) is 0 Å². The molecular formula is C20H33N3O3S2. The lowest BCUT2D eigenvalue weighted by atomic mass is 9.82. The zero-order valence-corrected chi connectivity index (χ0v) is 18.7. The molecule has 1 aromatic rings. The van der Waals surface area contributed by atoms with Crippen molar-refractivity contribution in [1.29, 1.82) is 0 Å². The van der Waals surface area contributed by atoms with Crippen LogP contribution < -0.4 is 0 Å². The van der Waals surface area contributed by atoms with E-state index in [1.165, 1.54) is 11.3 Å². The first kappa shape index (κ1) is 20.8. The first-order valence-electron chi connectivity index (χ1n) is 10.6. The summed E-state index contributed by atoms with van der Waals surface area (Å²) in [6, 6.07) is 4.70. The van der Waals surface area contributed by atoms with Gasteiger partial charge >= 0.3 is 0 Å². The lowest BCUT2D eigenvalue weighted by molar-refractivity contribution is -0.130. The van der Waals surface area contributed by atoms with Crippen LogP contribution in [-0.4, -0.2) is 86.1 Å². The lowest BCUT2D eigenvalue weighted by Crippen LogP contribution is -2.58. The summed E-state index contributed by atoms with van der Waals surface area (Å²) in [5.41, 5.74) is -0.139. The molecule has 1 spiro atoms. The molecule has 158 valence electrons. The topological polar surface area (TPSA) is 53.1 Å². The maximum Gasteiger partial charge on any atom is 0.252 e. The van der Waals surface area contributed by atoms with Crippen molar-refractivity contribution in [3.05, 3.63) is 17.5 Å². The van der Waals surface area contributed by atoms with Crippen molar-refractivity contribution in [1.82, 2.24) is 14.1 Å². The van der Waals surface area contributed by atoms with Crippen LogP contribution in [0.3, 0.4) is 0 Å². The third kappa shape index (κ3) is 4.18. The smallest absolute Gasteiger partial charge is 0.252 e. The Kier molecular flexibility index (Phi) is 6.16. The van der Waals surface area contributed by atoms with Crippen molar-refractivity contribution < 1.29 is 13.2 Å². The second-order valence-electron chi connectivity index (χ2n) is 8.68. The van der Waals surface area contributed by atoms with Gasteiger partial charge in [-0.15, -0.1) is 11.3 Å². The van der Waals surface area contributed by atoms with Gasteiger partial charge in [0.05, 0.1) is 5.60 Å². The fraction of sp³-hybridized carbons (Fsp3) is 0.800. The van der Waals surface area contributed by atoms with E-state index in [9.17, 15) is 8.42 Å². The third-order valence-corrected chi connectivity index (χ3v) is 10.1. The number of thiophene rings is 1. The van der Waals surface area contributed by atoms with Crippen LogP contribution in [0.2, 0.25) is 0 Å². The summed E-state index contributed by atoms with van der Waals surface area (Å²) in [5.74, 6) is 0. The maximum absolute atomic E-state index is 12.8. The fourth-order valence-corrected chi connectivity index (χ4v) is 7.54. The number of ether oxygens (including phenoxy) is 1. The van der Waals surface area contributed by atoms with Crippen LogP contribution >= 0.6 is 11.3 Å². The van der Waals surface area contributed by atoms with E-state index in [-0.39, 0.29) is 5.60 Å². The number of sulfonamides is 1. The first-order valence-corrected chi connectivity index (χ1v) is 12.9. The molecule has 0 N–H and O–H groups in total. The second-order valence-corrected chi connectivity index (χ2v) is 11.8. The van der Waals surface area contributed by atoms with Gasteiger partial charge in [0.1, 0.15) is 4.21 Å². The third-order valence-electron chi connectivity index (χ3n) is 6.79. The van der Waals surface area contributed by atoms with E-state index >= 15 is 0 Å². The van der Waals surface area contributed by atoms with Gasteiger partial charge in [-0.05, 0) is 51.0 Å². The Morgan fingerprint density at radius 2 is 1.86 bits per heavy atom. The molecule has 1 aromatic heterocycles. The monoisotopic (exact) mass is 427 g/mol. The van der Waals surface area contributed by atoms with E-state index in [1.54, 1.807) is 16.4 Å². The fourth-order valence-electron chi connectivity index (χ4n) is 4.95. The predicted molar refractivity (Wildman–Crippen MR) is 112 cm³/mol. The van der Waals surface area contributed by atoms with Gasteiger partial charge in [0.2, 0.25) is 0 Å². The van der Waals surface area contributed by atoms with Gasteiger partial charge in [0.25, 0.3) is 10.0 Å². The highest BCUT2D eigenvalue weighted by atomic mass is 32.2. The number of hydrogen-bond acceptors (Lipinski definition) is 6. The number of piperidine rings is 1. The minimum Gasteiger partial charge on any atom is -0.375 e. The molecule has 28 heavy (non-hydrogen) atoms. The summed E-state index contributed by atoms with van der Waals surface area (Å²) >= 11 is 1.30. The number of hydrogen-bond donors (Lipinski definition) is 0. The van der Waals surface area contributed by atoms with Gasteiger partial charge in [-0.25, -0.2) is 8.42 Å². The Labute approximate surface area is 173 Å². The minimum absolute atomic E-state index is 0.139. The number of rotatable bonds is 4. The van der Waals surface area contributed by atoms with E-state index in [4.69, 9.17) is 4.74 Å². The molecule has 1 atom stereocenters. The Hall–Kier alpha value is -0.510. The maximum atomic E-state index is 12.8. The van der Waals surface area contributed by atoms with Crippen molar-refractivity contribution in [2.75, 3.05) is 45.9 Å². The molecule has 3 saturated heterocycles. The Morgan fingerprint density at radius 1 is 1.14 bits per heavy atom. The average molecular weight is 428 g/mol. The lowest BCUT2D eigenvalue weighted by Gasteiger charge is -2.49. The summed E-state index contributed by atoms with van der Waals surface area (Å²) in [6.07, 6.45) is 3.75. The SMILES string of the molecule is CC(C)N1CCN([C@H]2CCOC3(CCN(S(=O)(=O)c4cccs4)CC3)C2)CC1. The molecule has 4 heterocycles. The van der Waals surface area contributed by atoms with Crippen LogP contribution in [0, 0.1) is 0 Å². The van der Waals surface area contributed by atoms with E-state index in [1.807, 2.05) is 5.38 Å². The van der Waals surface area contributed by atoms with E-state index < -0.39 is 10.0 Å². The second kappa shape index (κ2) is 8.32. The van der Waals surface area contributed by atoms with E-state index in [0.717, 1.165) is 58.5 Å². The highest BCUT2D eigenvalue weighted by Gasteiger charge is 2.44. The largest absolute Gasteiger partial charge is 0.375 e. The predicted octanol–water partition coefficient (Wildman–Crippen LogP) is 2.48. The van der Waals surface area contributed by atoms with Crippen LogP contribution in [0.5, 0.6) is 0 Å². The number of nitrogens with zero attached hydrogens (tertiary/aromatic N) is 3. The molecule has 0 bridgehead atoms. The molecule has 6 nitrogen and oxygen atoms in total. The van der Waals surface area contributed by atoms with Crippen molar-refractivity contribution in [2.24, 2.45) is 0 Å². The van der Waals surface area contributed by atoms with Crippen LogP contribution in [0.25, 0.3) is 0 Å². The summed E-state index contributed by atoms with van der Waals surface area (Å²) in [7, 11) is -3.34. The minimum atomic E-state index is -3.34. The molecule has 0 amide bonds. The van der Waals surface area contributed by atoms with Gasteiger partial charge in [0.15, 0.2) is 0 Å². The van der Waals surface area contributed by atoms with Crippen LogP contribution in [0.4, 0.5) is 0 Å². The summed E-state index contributed by atoms with van der Waals surface area (Å²) < 4.78 is 34.0. The summed E-state index contributed by atoms with van der Waals surface area (Å²) in [6.45, 7) is 11.0. The highest BCUT2D eigenvalue weighted by molar-refractivity contribution is 7.91. The summed E-state index contributed by atoms with van der Waals surface area (Å²) in [4.78, 5) is 5.21. The van der Waals surface area contributed by atoms with E-state index in [0.29, 0.717) is 29.4 Å². The van der Waals surface area contributed by atoms with Gasteiger partial charge < -0.3 is 4.74 Å². The van der Waals surface area contributed by atoms with Crippen molar-refractivity contribution in [3.63, 3.8) is 0 Å². The molecule has 8 heteroatoms. The Balaban J connectivity index is 1.35. The van der Waals surface area contributed by atoms with Crippen LogP contribution in [0.15, 0.2) is 21.7 Å². The van der Waals surface area contributed by atoms with Gasteiger partial charge in [-0.3, -0.25) is 9.80 Å². The molecule has 0 unspecified atom stereocenters. The van der Waals surface area contributed by atoms with Crippen molar-refractivity contribution in [2.45, 2.75) is 61.4 Å². The van der Waals surface area contributed by atoms with Gasteiger partial charge in [0, 0.05) is 58.0 Å². The molecule has 3 aliphatic rings. The highest BCUT2D eigenvalue weighted by Crippen LogP contribution is 2.38. The van der Waals surface area contributed by atoms with E-state index in [2.05, 4.69) is 23.6 Å².